The second-order valence-electron chi connectivity index (χ2n) is 6.97. The van der Waals surface area contributed by atoms with Gasteiger partial charge in [-0.2, -0.15) is 10.2 Å². The maximum atomic E-state index is 4.48. The summed E-state index contributed by atoms with van der Waals surface area (Å²) < 4.78 is 0. The van der Waals surface area contributed by atoms with Gasteiger partial charge in [-0.15, -0.1) is 0 Å². The van der Waals surface area contributed by atoms with Crippen LogP contribution < -0.4 is 0 Å². The van der Waals surface area contributed by atoms with Crippen LogP contribution in [0.4, 0.5) is 0 Å². The van der Waals surface area contributed by atoms with E-state index in [9.17, 15) is 0 Å². The third-order valence-corrected chi connectivity index (χ3v) is 3.48. The number of rotatable bonds is 3. The zero-order chi connectivity index (χ0) is 14.8. The van der Waals surface area contributed by atoms with Crippen LogP contribution in [0.15, 0.2) is 36.7 Å². The normalized spacial score (nSPS) is 12.4. The minimum absolute atomic E-state index is 0.0144. The first kappa shape index (κ1) is 14.6. The fourth-order valence-electron chi connectivity index (χ4n) is 2.23. The second kappa shape index (κ2) is 5.31. The van der Waals surface area contributed by atoms with E-state index in [4.69, 9.17) is 0 Å². The van der Waals surface area contributed by atoms with Crippen LogP contribution >= 0.6 is 0 Å². The van der Waals surface area contributed by atoms with Gasteiger partial charge in [0.2, 0.25) is 0 Å². The Morgan fingerprint density at radius 3 is 2.35 bits per heavy atom. The lowest BCUT2D eigenvalue weighted by Crippen LogP contribution is -2.23. The van der Waals surface area contributed by atoms with Crippen LogP contribution in [0.2, 0.25) is 0 Å². The molecule has 0 atom stereocenters. The minimum Gasteiger partial charge on any atom is -0.261 e. The summed E-state index contributed by atoms with van der Waals surface area (Å²) in [5, 5.41) is 8.41. The molecule has 2 aromatic heterocycles. The van der Waals surface area contributed by atoms with E-state index in [-0.39, 0.29) is 10.8 Å². The van der Waals surface area contributed by atoms with Crippen LogP contribution in [0.25, 0.3) is 0 Å². The molecule has 0 aliphatic carbocycles. The van der Waals surface area contributed by atoms with E-state index in [0.29, 0.717) is 0 Å². The molecule has 0 saturated carbocycles. The fraction of sp³-hybridized carbons (Fsp3) is 0.471. The van der Waals surface area contributed by atoms with Crippen molar-refractivity contribution in [1.82, 2.24) is 15.2 Å². The van der Waals surface area contributed by atoms with Gasteiger partial charge < -0.3 is 0 Å². The molecule has 0 radical (unpaired) electrons. The maximum absolute atomic E-state index is 4.48. The number of hydrogen-bond acceptors (Lipinski definition) is 3. The summed E-state index contributed by atoms with van der Waals surface area (Å²) >= 11 is 0. The number of pyridine rings is 1. The van der Waals surface area contributed by atoms with Gasteiger partial charge in [0.25, 0.3) is 0 Å². The smallest absolute Gasteiger partial charge is 0.0687 e. The lowest BCUT2D eigenvalue weighted by atomic mass is 9.82. The summed E-state index contributed by atoms with van der Waals surface area (Å²) in [6.07, 6.45) is 4.62. The summed E-state index contributed by atoms with van der Waals surface area (Å²) in [6.45, 7) is 10.9. The molecule has 2 aromatic rings. The molecule has 3 nitrogen and oxygen atoms in total. The predicted molar refractivity (Wildman–Crippen MR) is 81.7 cm³/mol. The molecule has 2 rings (SSSR count). The van der Waals surface area contributed by atoms with E-state index in [1.165, 1.54) is 5.56 Å². The Hall–Kier alpha value is -1.77. The molecule has 0 amide bonds. The van der Waals surface area contributed by atoms with Gasteiger partial charge >= 0.3 is 0 Å². The average Bonchev–Trinajstić information content (AvgIpc) is 2.38. The molecule has 0 saturated heterocycles. The summed E-state index contributed by atoms with van der Waals surface area (Å²) in [5.74, 6) is 0. The average molecular weight is 269 g/mol. The quantitative estimate of drug-likeness (QED) is 0.853. The molecular formula is C17H23N3. The predicted octanol–water partition coefficient (Wildman–Crippen LogP) is 3.69. The highest BCUT2D eigenvalue weighted by Crippen LogP contribution is 2.27. The van der Waals surface area contributed by atoms with Gasteiger partial charge in [0.05, 0.1) is 11.9 Å². The number of aromatic nitrogens is 3. The third kappa shape index (κ3) is 3.41. The standard InChI is InChI=1S/C17H23N3/c1-16(2,3)15-10-13(12-19-20-15)11-17(4,5)14-8-6-7-9-18-14/h6-10,12H,11H2,1-5H3. The lowest BCUT2D eigenvalue weighted by Gasteiger charge is -2.25. The molecule has 0 N–H and O–H groups in total. The van der Waals surface area contributed by atoms with Crippen molar-refractivity contribution in [3.63, 3.8) is 0 Å². The van der Waals surface area contributed by atoms with Gasteiger partial charge in [0.1, 0.15) is 0 Å². The molecule has 0 fully saturated rings. The Balaban J connectivity index is 2.26. The Bertz CT molecular complexity index is 568. The zero-order valence-corrected chi connectivity index (χ0v) is 13.0. The highest BCUT2D eigenvalue weighted by molar-refractivity contribution is 5.24. The number of hydrogen-bond donors (Lipinski definition) is 0. The van der Waals surface area contributed by atoms with Crippen LogP contribution in [0, 0.1) is 0 Å². The van der Waals surface area contributed by atoms with Gasteiger partial charge in [-0.1, -0.05) is 40.7 Å². The summed E-state index contributed by atoms with van der Waals surface area (Å²) in [4.78, 5) is 4.48. The SMILES string of the molecule is CC(C)(C)c1cc(CC(C)(C)c2ccccn2)cnn1. The summed E-state index contributed by atoms with van der Waals surface area (Å²) in [5.41, 5.74) is 3.36. The molecule has 20 heavy (non-hydrogen) atoms. The van der Waals surface area contributed by atoms with Crippen LogP contribution in [0.5, 0.6) is 0 Å². The first-order valence-corrected chi connectivity index (χ1v) is 7.03. The molecule has 0 bridgehead atoms. The Labute approximate surface area is 121 Å². The lowest BCUT2D eigenvalue weighted by molar-refractivity contribution is 0.499. The highest BCUT2D eigenvalue weighted by Gasteiger charge is 2.24. The monoisotopic (exact) mass is 269 g/mol. The number of nitrogens with zero attached hydrogens (tertiary/aromatic N) is 3. The zero-order valence-electron chi connectivity index (χ0n) is 13.0. The van der Waals surface area contributed by atoms with Gasteiger partial charge in [-0.3, -0.25) is 4.98 Å². The van der Waals surface area contributed by atoms with E-state index in [1.54, 1.807) is 0 Å². The fourth-order valence-corrected chi connectivity index (χ4v) is 2.23. The first-order chi connectivity index (χ1) is 9.29. The van der Waals surface area contributed by atoms with Crippen LogP contribution in [-0.2, 0) is 17.3 Å². The van der Waals surface area contributed by atoms with Crippen LogP contribution in [0.1, 0.15) is 51.6 Å². The van der Waals surface area contributed by atoms with Crippen molar-refractivity contribution in [2.75, 3.05) is 0 Å². The van der Waals surface area contributed by atoms with E-state index in [0.717, 1.165) is 17.8 Å². The Morgan fingerprint density at radius 2 is 1.75 bits per heavy atom. The van der Waals surface area contributed by atoms with Gasteiger partial charge in [-0.05, 0) is 30.2 Å². The molecular weight excluding hydrogens is 246 g/mol. The largest absolute Gasteiger partial charge is 0.261 e. The van der Waals surface area contributed by atoms with Crippen molar-refractivity contribution < 1.29 is 0 Å². The third-order valence-electron chi connectivity index (χ3n) is 3.48. The van der Waals surface area contributed by atoms with E-state index in [2.05, 4.69) is 61.9 Å². The Kier molecular flexibility index (Phi) is 3.89. The van der Waals surface area contributed by atoms with Crippen molar-refractivity contribution in [1.29, 1.82) is 0 Å². The Morgan fingerprint density at radius 1 is 1.00 bits per heavy atom. The summed E-state index contributed by atoms with van der Waals surface area (Å²) in [6, 6.07) is 8.23. The van der Waals surface area contributed by atoms with Crippen LogP contribution in [0.3, 0.4) is 0 Å². The van der Waals surface area contributed by atoms with Crippen molar-refractivity contribution in [3.8, 4) is 0 Å². The molecule has 0 aromatic carbocycles. The van der Waals surface area contributed by atoms with Gasteiger partial charge in [0.15, 0.2) is 0 Å². The van der Waals surface area contributed by atoms with Crippen molar-refractivity contribution >= 4 is 0 Å². The molecule has 2 heterocycles. The highest BCUT2D eigenvalue weighted by atomic mass is 15.1. The van der Waals surface area contributed by atoms with Crippen molar-refractivity contribution in [3.05, 3.63) is 53.6 Å². The summed E-state index contributed by atoms with van der Waals surface area (Å²) in [7, 11) is 0. The first-order valence-electron chi connectivity index (χ1n) is 7.03. The molecule has 0 spiro atoms. The van der Waals surface area contributed by atoms with Gasteiger partial charge in [-0.25, -0.2) is 0 Å². The van der Waals surface area contributed by atoms with E-state index < -0.39 is 0 Å². The molecule has 0 aliphatic heterocycles. The topological polar surface area (TPSA) is 38.7 Å². The second-order valence-corrected chi connectivity index (χ2v) is 6.97. The van der Waals surface area contributed by atoms with Crippen molar-refractivity contribution in [2.45, 2.75) is 51.9 Å². The maximum Gasteiger partial charge on any atom is 0.0687 e. The van der Waals surface area contributed by atoms with E-state index in [1.807, 2.05) is 24.5 Å². The molecule has 3 heteroatoms. The van der Waals surface area contributed by atoms with E-state index >= 15 is 0 Å². The van der Waals surface area contributed by atoms with Gasteiger partial charge in [0, 0.05) is 22.7 Å². The van der Waals surface area contributed by atoms with Crippen molar-refractivity contribution in [2.24, 2.45) is 0 Å². The van der Waals surface area contributed by atoms with Crippen LogP contribution in [-0.4, -0.2) is 15.2 Å². The molecule has 0 aliphatic rings. The molecule has 106 valence electrons. The molecule has 0 unspecified atom stereocenters. The minimum atomic E-state index is -0.0144.